The summed E-state index contributed by atoms with van der Waals surface area (Å²) in [5.41, 5.74) is 0.293. The molecule has 3 heteroatoms. The van der Waals surface area contributed by atoms with Crippen LogP contribution in [0, 0.1) is 5.82 Å². The molecule has 0 aromatic heterocycles. The van der Waals surface area contributed by atoms with Crippen molar-refractivity contribution in [3.8, 4) is 5.75 Å². The maximum Gasteiger partial charge on any atom is 0.162 e. The molecule has 2 nitrogen and oxygen atoms in total. The molecule has 80 valence electrons. The van der Waals surface area contributed by atoms with Gasteiger partial charge in [0.2, 0.25) is 0 Å². The first-order valence-corrected chi connectivity index (χ1v) is 4.92. The van der Waals surface area contributed by atoms with Gasteiger partial charge in [0.05, 0.1) is 5.56 Å². The number of hydrogen-bond acceptors (Lipinski definition) is 2. The monoisotopic (exact) mass is 208 g/mol. The van der Waals surface area contributed by atoms with E-state index in [1.165, 1.54) is 13.0 Å². The van der Waals surface area contributed by atoms with E-state index in [0.717, 1.165) is 0 Å². The fourth-order valence-corrected chi connectivity index (χ4v) is 1.90. The molecule has 0 unspecified atom stereocenters. The van der Waals surface area contributed by atoms with E-state index in [0.29, 0.717) is 17.7 Å². The van der Waals surface area contributed by atoms with Crippen molar-refractivity contribution in [2.24, 2.45) is 0 Å². The minimum absolute atomic E-state index is 0.148. The standard InChI is InChI=1S/C12H13FO2/c1-7(14)8-4-5-10-9(11(8)13)6-12(2,3)15-10/h4-5H,6H2,1-3H3. The second kappa shape index (κ2) is 3.05. The molecular weight excluding hydrogens is 195 g/mol. The lowest BCUT2D eigenvalue weighted by molar-refractivity contribution is 0.101. The van der Waals surface area contributed by atoms with E-state index in [1.54, 1.807) is 6.07 Å². The Kier molecular flexibility index (Phi) is 2.07. The minimum atomic E-state index is -0.425. The molecule has 0 bridgehead atoms. The van der Waals surface area contributed by atoms with Crippen LogP contribution in [0.2, 0.25) is 0 Å². The predicted molar refractivity (Wildman–Crippen MR) is 54.8 cm³/mol. The summed E-state index contributed by atoms with van der Waals surface area (Å²) in [7, 11) is 0. The van der Waals surface area contributed by atoms with E-state index in [9.17, 15) is 9.18 Å². The third-order valence-electron chi connectivity index (χ3n) is 2.57. The summed E-state index contributed by atoms with van der Waals surface area (Å²) in [4.78, 5) is 11.1. The fourth-order valence-electron chi connectivity index (χ4n) is 1.90. The number of ether oxygens (including phenoxy) is 1. The van der Waals surface area contributed by atoms with Crippen molar-refractivity contribution in [3.05, 3.63) is 29.1 Å². The molecule has 0 saturated carbocycles. The number of carbonyl (C=O) groups excluding carboxylic acids is 1. The van der Waals surface area contributed by atoms with Gasteiger partial charge in [-0.25, -0.2) is 4.39 Å². The van der Waals surface area contributed by atoms with Gasteiger partial charge >= 0.3 is 0 Å². The SMILES string of the molecule is CC(=O)c1ccc2c(c1F)CC(C)(C)O2. The van der Waals surface area contributed by atoms with Gasteiger partial charge in [0.15, 0.2) is 5.78 Å². The molecule has 15 heavy (non-hydrogen) atoms. The molecule has 1 aromatic rings. The average Bonchev–Trinajstić information content (AvgIpc) is 2.40. The van der Waals surface area contributed by atoms with Crippen LogP contribution in [0.5, 0.6) is 5.75 Å². The van der Waals surface area contributed by atoms with Gasteiger partial charge in [-0.15, -0.1) is 0 Å². The fraction of sp³-hybridized carbons (Fsp3) is 0.417. The van der Waals surface area contributed by atoms with Crippen molar-refractivity contribution < 1.29 is 13.9 Å². The second-order valence-corrected chi connectivity index (χ2v) is 4.50. The zero-order valence-electron chi connectivity index (χ0n) is 9.06. The normalized spacial score (nSPS) is 17.1. The zero-order chi connectivity index (χ0) is 11.2. The number of hydrogen-bond donors (Lipinski definition) is 0. The van der Waals surface area contributed by atoms with E-state index >= 15 is 0 Å². The van der Waals surface area contributed by atoms with Crippen LogP contribution in [0.3, 0.4) is 0 Å². The largest absolute Gasteiger partial charge is 0.487 e. The molecular formula is C12H13FO2. The van der Waals surface area contributed by atoms with Crippen LogP contribution in [0.1, 0.15) is 36.7 Å². The van der Waals surface area contributed by atoms with Crippen molar-refractivity contribution in [1.29, 1.82) is 0 Å². The number of Topliss-reactive ketones (excluding diaryl/α,β-unsaturated/α-hetero) is 1. The Balaban J connectivity index is 2.53. The van der Waals surface area contributed by atoms with Crippen molar-refractivity contribution in [2.75, 3.05) is 0 Å². The Morgan fingerprint density at radius 3 is 2.73 bits per heavy atom. The molecule has 0 N–H and O–H groups in total. The van der Waals surface area contributed by atoms with Crippen LogP contribution in [-0.4, -0.2) is 11.4 Å². The van der Waals surface area contributed by atoms with E-state index in [1.807, 2.05) is 13.8 Å². The molecule has 0 saturated heterocycles. The Bertz CT molecular complexity index is 435. The highest BCUT2D eigenvalue weighted by Crippen LogP contribution is 2.37. The highest BCUT2D eigenvalue weighted by atomic mass is 19.1. The van der Waals surface area contributed by atoms with Crippen molar-refractivity contribution in [1.82, 2.24) is 0 Å². The molecule has 1 aliphatic heterocycles. The minimum Gasteiger partial charge on any atom is -0.487 e. The smallest absolute Gasteiger partial charge is 0.162 e. The van der Waals surface area contributed by atoms with Crippen molar-refractivity contribution >= 4 is 5.78 Å². The van der Waals surface area contributed by atoms with Crippen molar-refractivity contribution in [3.63, 3.8) is 0 Å². The summed E-state index contributed by atoms with van der Waals surface area (Å²) in [5.74, 6) is -0.118. The topological polar surface area (TPSA) is 26.3 Å². The number of halogens is 1. The first-order chi connectivity index (χ1) is 6.91. The summed E-state index contributed by atoms with van der Waals surface area (Å²) in [6.45, 7) is 5.17. The quantitative estimate of drug-likeness (QED) is 0.663. The predicted octanol–water partition coefficient (Wildman–Crippen LogP) is 2.74. The van der Waals surface area contributed by atoms with Crippen LogP contribution in [-0.2, 0) is 6.42 Å². The Labute approximate surface area is 88.1 Å². The second-order valence-electron chi connectivity index (χ2n) is 4.50. The number of fused-ring (bicyclic) bond motifs is 1. The first kappa shape index (κ1) is 10.1. The third kappa shape index (κ3) is 1.62. The van der Waals surface area contributed by atoms with Gasteiger partial charge in [0, 0.05) is 12.0 Å². The summed E-state index contributed by atoms with van der Waals surface area (Å²) in [6, 6.07) is 3.15. The lowest BCUT2D eigenvalue weighted by Crippen LogP contribution is -2.24. The van der Waals surface area contributed by atoms with E-state index in [4.69, 9.17) is 4.74 Å². The van der Waals surface area contributed by atoms with Crippen LogP contribution >= 0.6 is 0 Å². The molecule has 0 aliphatic carbocycles. The molecule has 2 rings (SSSR count). The summed E-state index contributed by atoms with van der Waals surface area (Å²) < 4.78 is 19.4. The molecule has 1 aliphatic rings. The average molecular weight is 208 g/mol. The highest BCUT2D eigenvalue weighted by Gasteiger charge is 2.33. The van der Waals surface area contributed by atoms with Crippen LogP contribution < -0.4 is 4.74 Å². The van der Waals surface area contributed by atoms with Gasteiger partial charge in [-0.05, 0) is 32.9 Å². The maximum absolute atomic E-state index is 13.9. The van der Waals surface area contributed by atoms with Gasteiger partial charge in [-0.2, -0.15) is 0 Å². The first-order valence-electron chi connectivity index (χ1n) is 4.92. The number of rotatable bonds is 1. The number of ketones is 1. The van der Waals surface area contributed by atoms with E-state index in [-0.39, 0.29) is 16.9 Å². The van der Waals surface area contributed by atoms with Gasteiger partial charge in [0.25, 0.3) is 0 Å². The van der Waals surface area contributed by atoms with Gasteiger partial charge < -0.3 is 4.74 Å². The lowest BCUT2D eigenvalue weighted by atomic mass is 9.98. The summed E-state index contributed by atoms with van der Waals surface area (Å²) >= 11 is 0. The van der Waals surface area contributed by atoms with E-state index in [2.05, 4.69) is 0 Å². The summed E-state index contributed by atoms with van der Waals surface area (Å²) in [5, 5.41) is 0. The highest BCUT2D eigenvalue weighted by molar-refractivity contribution is 5.94. The van der Waals surface area contributed by atoms with Gasteiger partial charge in [-0.3, -0.25) is 4.79 Å². The lowest BCUT2D eigenvalue weighted by Gasteiger charge is -2.16. The molecule has 1 heterocycles. The van der Waals surface area contributed by atoms with Crippen LogP contribution in [0.25, 0.3) is 0 Å². The van der Waals surface area contributed by atoms with Crippen LogP contribution in [0.4, 0.5) is 4.39 Å². The van der Waals surface area contributed by atoms with E-state index < -0.39 is 5.82 Å². The Morgan fingerprint density at radius 1 is 1.47 bits per heavy atom. The number of benzene rings is 1. The van der Waals surface area contributed by atoms with Gasteiger partial charge in [-0.1, -0.05) is 0 Å². The molecule has 1 aromatic carbocycles. The number of carbonyl (C=O) groups is 1. The molecule has 0 amide bonds. The van der Waals surface area contributed by atoms with Crippen LogP contribution in [0.15, 0.2) is 12.1 Å². The Hall–Kier alpha value is -1.38. The van der Waals surface area contributed by atoms with Crippen molar-refractivity contribution in [2.45, 2.75) is 32.8 Å². The third-order valence-corrected chi connectivity index (χ3v) is 2.57. The van der Waals surface area contributed by atoms with Gasteiger partial charge in [0.1, 0.15) is 17.2 Å². The molecule has 0 fully saturated rings. The molecule has 0 atom stereocenters. The maximum atomic E-state index is 13.9. The Morgan fingerprint density at radius 2 is 2.13 bits per heavy atom. The summed E-state index contributed by atoms with van der Waals surface area (Å²) in [6.07, 6.45) is 0.509. The molecule has 0 spiro atoms. The zero-order valence-corrected chi connectivity index (χ0v) is 9.06. The molecule has 0 radical (unpaired) electrons.